The van der Waals surface area contributed by atoms with Crippen LogP contribution in [0.1, 0.15) is 25.3 Å². The summed E-state index contributed by atoms with van der Waals surface area (Å²) in [5.74, 6) is 0.0169. The number of rotatable bonds is 6. The Bertz CT molecular complexity index is 346. The van der Waals surface area contributed by atoms with Crippen LogP contribution in [0.15, 0.2) is 36.7 Å². The van der Waals surface area contributed by atoms with Crippen molar-refractivity contribution in [2.24, 2.45) is 11.7 Å². The second-order valence-electron chi connectivity index (χ2n) is 3.99. The van der Waals surface area contributed by atoms with Crippen molar-refractivity contribution in [1.82, 2.24) is 4.98 Å². The number of carbonyl (C=O) groups excluding carboxylic acids is 1. The first-order valence-corrected chi connectivity index (χ1v) is 5.55. The molecular weight excluding hydrogens is 200 g/mol. The minimum atomic E-state index is -0.376. The predicted molar refractivity (Wildman–Crippen MR) is 64.7 cm³/mol. The van der Waals surface area contributed by atoms with E-state index in [0.717, 1.165) is 19.3 Å². The average Bonchev–Trinajstić information content (AvgIpc) is 2.28. The van der Waals surface area contributed by atoms with E-state index in [1.807, 2.05) is 18.3 Å². The van der Waals surface area contributed by atoms with Gasteiger partial charge in [-0.25, -0.2) is 0 Å². The highest BCUT2D eigenvalue weighted by molar-refractivity contribution is 5.85. The van der Waals surface area contributed by atoms with Crippen LogP contribution in [0.5, 0.6) is 0 Å². The Balaban J connectivity index is 2.23. The molecule has 2 N–H and O–H groups in total. The quantitative estimate of drug-likeness (QED) is 0.743. The Morgan fingerprint density at radius 1 is 1.62 bits per heavy atom. The molecule has 16 heavy (non-hydrogen) atoms. The van der Waals surface area contributed by atoms with Gasteiger partial charge in [-0.3, -0.25) is 9.78 Å². The Hall–Kier alpha value is -1.64. The van der Waals surface area contributed by atoms with E-state index in [1.54, 1.807) is 6.20 Å². The molecule has 0 fully saturated rings. The molecule has 0 saturated heterocycles. The van der Waals surface area contributed by atoms with E-state index in [9.17, 15) is 4.79 Å². The highest BCUT2D eigenvalue weighted by Crippen LogP contribution is 2.10. The fourth-order valence-corrected chi connectivity index (χ4v) is 1.53. The van der Waals surface area contributed by atoms with E-state index in [4.69, 9.17) is 5.73 Å². The van der Waals surface area contributed by atoms with Crippen molar-refractivity contribution in [2.75, 3.05) is 0 Å². The molecule has 0 aliphatic rings. The van der Waals surface area contributed by atoms with Crippen LogP contribution in [0.3, 0.4) is 0 Å². The second kappa shape index (κ2) is 6.77. The third-order valence-electron chi connectivity index (χ3n) is 2.44. The van der Waals surface area contributed by atoms with Gasteiger partial charge in [-0.2, -0.15) is 0 Å². The van der Waals surface area contributed by atoms with E-state index in [2.05, 4.69) is 18.0 Å². The summed E-state index contributed by atoms with van der Waals surface area (Å²) in [6.45, 7) is 2.09. The first-order valence-electron chi connectivity index (χ1n) is 5.55. The molecule has 86 valence electrons. The summed E-state index contributed by atoms with van der Waals surface area (Å²) in [6, 6.07) is 4.03. The molecule has 0 saturated carbocycles. The van der Waals surface area contributed by atoms with Gasteiger partial charge in [-0.05, 0) is 42.9 Å². The van der Waals surface area contributed by atoms with Gasteiger partial charge >= 0.3 is 0 Å². The summed E-state index contributed by atoms with van der Waals surface area (Å²) >= 11 is 0. The van der Waals surface area contributed by atoms with Gasteiger partial charge in [-0.1, -0.05) is 19.1 Å². The van der Waals surface area contributed by atoms with Crippen LogP contribution in [0.4, 0.5) is 0 Å². The molecule has 1 heterocycles. The van der Waals surface area contributed by atoms with Crippen molar-refractivity contribution in [2.45, 2.75) is 26.2 Å². The van der Waals surface area contributed by atoms with Crippen molar-refractivity contribution >= 4 is 5.91 Å². The molecule has 0 bridgehead atoms. The number of pyridine rings is 1. The SMILES string of the molecule is CC(C=CC(N)=O)CCCc1cccnc1. The number of carbonyl (C=O) groups is 1. The first-order chi connectivity index (χ1) is 7.68. The maximum Gasteiger partial charge on any atom is 0.241 e. The van der Waals surface area contributed by atoms with Gasteiger partial charge in [0.25, 0.3) is 0 Å². The molecule has 3 nitrogen and oxygen atoms in total. The molecule has 0 radical (unpaired) electrons. The molecule has 0 aliphatic carbocycles. The van der Waals surface area contributed by atoms with Gasteiger partial charge in [0.05, 0.1) is 0 Å². The zero-order valence-corrected chi connectivity index (χ0v) is 9.60. The van der Waals surface area contributed by atoms with Crippen molar-refractivity contribution in [3.05, 3.63) is 42.2 Å². The van der Waals surface area contributed by atoms with Crippen molar-refractivity contribution in [3.8, 4) is 0 Å². The lowest BCUT2D eigenvalue weighted by molar-refractivity contribution is -0.113. The number of amides is 1. The van der Waals surface area contributed by atoms with Gasteiger partial charge in [0, 0.05) is 12.4 Å². The largest absolute Gasteiger partial charge is 0.366 e. The van der Waals surface area contributed by atoms with Crippen molar-refractivity contribution in [1.29, 1.82) is 0 Å². The number of hydrogen-bond donors (Lipinski definition) is 1. The van der Waals surface area contributed by atoms with E-state index in [1.165, 1.54) is 11.6 Å². The molecule has 0 spiro atoms. The molecule has 0 aromatic carbocycles. The topological polar surface area (TPSA) is 56.0 Å². The number of aryl methyl sites for hydroxylation is 1. The van der Waals surface area contributed by atoms with Crippen LogP contribution in [0, 0.1) is 5.92 Å². The summed E-state index contributed by atoms with van der Waals surface area (Å²) < 4.78 is 0. The Kier molecular flexibility index (Phi) is 5.26. The smallest absolute Gasteiger partial charge is 0.241 e. The van der Waals surface area contributed by atoms with Crippen LogP contribution < -0.4 is 5.73 Å². The van der Waals surface area contributed by atoms with Gasteiger partial charge in [0.15, 0.2) is 0 Å². The standard InChI is InChI=1S/C13H18N2O/c1-11(7-8-13(14)16)4-2-5-12-6-3-9-15-10-12/h3,6-11H,2,4-5H2,1H3,(H2,14,16). The molecule has 3 heteroatoms. The summed E-state index contributed by atoms with van der Waals surface area (Å²) in [5, 5.41) is 0. The molecule has 0 aliphatic heterocycles. The monoisotopic (exact) mass is 218 g/mol. The maximum absolute atomic E-state index is 10.5. The lowest BCUT2D eigenvalue weighted by Crippen LogP contribution is -2.06. The molecule has 1 rings (SSSR count). The van der Waals surface area contributed by atoms with E-state index >= 15 is 0 Å². The lowest BCUT2D eigenvalue weighted by Gasteiger charge is -2.05. The number of allylic oxidation sites excluding steroid dienone is 1. The maximum atomic E-state index is 10.5. The van der Waals surface area contributed by atoms with Crippen LogP contribution in [0.2, 0.25) is 0 Å². The van der Waals surface area contributed by atoms with Crippen molar-refractivity contribution < 1.29 is 4.79 Å². The fraction of sp³-hybridized carbons (Fsp3) is 0.385. The second-order valence-corrected chi connectivity index (χ2v) is 3.99. The van der Waals surface area contributed by atoms with Gasteiger partial charge in [0.2, 0.25) is 5.91 Å². The lowest BCUT2D eigenvalue weighted by atomic mass is 10.0. The first kappa shape index (κ1) is 12.4. The Labute approximate surface area is 96.4 Å². The number of nitrogens with zero attached hydrogens (tertiary/aromatic N) is 1. The third kappa shape index (κ3) is 5.29. The zero-order valence-electron chi connectivity index (χ0n) is 9.60. The normalized spacial score (nSPS) is 12.8. The zero-order chi connectivity index (χ0) is 11.8. The molecule has 1 aromatic rings. The number of hydrogen-bond acceptors (Lipinski definition) is 2. The minimum absolute atomic E-state index is 0.376. The highest BCUT2D eigenvalue weighted by Gasteiger charge is 1.99. The Morgan fingerprint density at radius 2 is 2.44 bits per heavy atom. The molecule has 1 aromatic heterocycles. The van der Waals surface area contributed by atoms with Crippen LogP contribution in [-0.4, -0.2) is 10.9 Å². The summed E-state index contributed by atoms with van der Waals surface area (Å²) in [5.41, 5.74) is 6.28. The van der Waals surface area contributed by atoms with Gasteiger partial charge < -0.3 is 5.73 Å². The van der Waals surface area contributed by atoms with E-state index < -0.39 is 0 Å². The fourth-order valence-electron chi connectivity index (χ4n) is 1.53. The average molecular weight is 218 g/mol. The van der Waals surface area contributed by atoms with E-state index in [-0.39, 0.29) is 5.91 Å². The Morgan fingerprint density at radius 3 is 3.06 bits per heavy atom. The van der Waals surface area contributed by atoms with Crippen molar-refractivity contribution in [3.63, 3.8) is 0 Å². The van der Waals surface area contributed by atoms with Crippen LogP contribution in [-0.2, 0) is 11.2 Å². The summed E-state index contributed by atoms with van der Waals surface area (Å²) in [6.07, 6.45) is 10.2. The molecule has 1 atom stereocenters. The van der Waals surface area contributed by atoms with Gasteiger partial charge in [0.1, 0.15) is 0 Å². The minimum Gasteiger partial charge on any atom is -0.366 e. The number of primary amides is 1. The van der Waals surface area contributed by atoms with E-state index in [0.29, 0.717) is 5.92 Å². The molecular formula is C13H18N2O. The highest BCUT2D eigenvalue weighted by atomic mass is 16.1. The third-order valence-corrected chi connectivity index (χ3v) is 2.44. The molecule has 1 amide bonds. The van der Waals surface area contributed by atoms with Crippen LogP contribution in [0.25, 0.3) is 0 Å². The van der Waals surface area contributed by atoms with Gasteiger partial charge in [-0.15, -0.1) is 0 Å². The number of nitrogens with two attached hydrogens (primary N) is 1. The predicted octanol–water partition coefficient (Wildman–Crippen LogP) is 2.08. The van der Waals surface area contributed by atoms with Crippen LogP contribution >= 0.6 is 0 Å². The molecule has 1 unspecified atom stereocenters. The summed E-state index contributed by atoms with van der Waals surface area (Å²) in [7, 11) is 0. The number of aromatic nitrogens is 1. The summed E-state index contributed by atoms with van der Waals surface area (Å²) in [4.78, 5) is 14.6.